The molecule has 0 atom stereocenters. The molecule has 1 saturated heterocycles. The van der Waals surface area contributed by atoms with Gasteiger partial charge >= 0.3 is 0 Å². The molecular weight excluding hydrogens is 466 g/mol. The van der Waals surface area contributed by atoms with Crippen molar-refractivity contribution < 1.29 is 18.9 Å². The van der Waals surface area contributed by atoms with Crippen molar-refractivity contribution in [3.05, 3.63) is 53.9 Å². The first-order valence-corrected chi connectivity index (χ1v) is 13.3. The third kappa shape index (κ3) is 5.17. The van der Waals surface area contributed by atoms with E-state index >= 15 is 0 Å². The van der Waals surface area contributed by atoms with Gasteiger partial charge in [0.05, 0.1) is 19.1 Å². The largest absolute Gasteiger partial charge is 0.497 e. The lowest BCUT2D eigenvalue weighted by Gasteiger charge is -2.25. The van der Waals surface area contributed by atoms with Crippen molar-refractivity contribution in [2.24, 2.45) is 0 Å². The summed E-state index contributed by atoms with van der Waals surface area (Å²) in [6, 6.07) is 16.2. The summed E-state index contributed by atoms with van der Waals surface area (Å²) in [6.45, 7) is 4.05. The normalized spacial score (nSPS) is 14.3. The Hall–Kier alpha value is -2.74. The number of rotatable bonds is 9. The molecule has 2 aromatic heterocycles. The predicted octanol–water partition coefficient (Wildman–Crippen LogP) is 7.30. The van der Waals surface area contributed by atoms with Crippen molar-refractivity contribution in [3.63, 3.8) is 0 Å². The number of ether oxygens (including phenoxy) is 4. The fourth-order valence-corrected chi connectivity index (χ4v) is 6.07. The number of likely N-dealkylation sites (tertiary alicyclic amines) is 1. The van der Waals surface area contributed by atoms with E-state index < -0.39 is 0 Å². The molecule has 4 aromatic rings. The minimum Gasteiger partial charge on any atom is -0.497 e. The number of thiophene rings is 2. The van der Waals surface area contributed by atoms with Gasteiger partial charge in [-0.05, 0) is 74.0 Å². The van der Waals surface area contributed by atoms with E-state index in [1.807, 2.05) is 29.6 Å². The van der Waals surface area contributed by atoms with Crippen molar-refractivity contribution in [1.82, 2.24) is 4.90 Å². The molecule has 5 nitrogen and oxygen atoms in total. The molecule has 3 heterocycles. The number of benzene rings is 2. The summed E-state index contributed by atoms with van der Waals surface area (Å²) < 4.78 is 24.4. The number of piperidine rings is 1. The molecule has 178 valence electrons. The molecule has 0 bridgehead atoms. The van der Waals surface area contributed by atoms with E-state index in [0.717, 1.165) is 55.1 Å². The van der Waals surface area contributed by atoms with Crippen LogP contribution in [-0.4, -0.2) is 45.4 Å². The highest BCUT2D eigenvalue weighted by Crippen LogP contribution is 2.48. The Labute approximate surface area is 208 Å². The molecule has 34 heavy (non-hydrogen) atoms. The van der Waals surface area contributed by atoms with Crippen LogP contribution < -0.4 is 18.9 Å². The Morgan fingerprint density at radius 1 is 0.853 bits per heavy atom. The molecule has 0 amide bonds. The van der Waals surface area contributed by atoms with Crippen LogP contribution >= 0.6 is 22.7 Å². The van der Waals surface area contributed by atoms with Crippen LogP contribution in [0.1, 0.15) is 19.3 Å². The van der Waals surface area contributed by atoms with E-state index in [1.165, 1.54) is 32.4 Å². The van der Waals surface area contributed by atoms with Crippen LogP contribution in [0.3, 0.4) is 0 Å². The molecule has 0 N–H and O–H groups in total. The summed E-state index contributed by atoms with van der Waals surface area (Å²) in [6.07, 6.45) is 3.95. The lowest BCUT2D eigenvalue weighted by Crippen LogP contribution is -2.33. The minimum atomic E-state index is 0.703. The van der Waals surface area contributed by atoms with Gasteiger partial charge in [-0.2, -0.15) is 0 Å². The Bertz CT molecular complexity index is 1230. The lowest BCUT2D eigenvalue weighted by atomic mass is 10.1. The summed E-state index contributed by atoms with van der Waals surface area (Å²) in [5.74, 6) is 3.39. The first-order valence-electron chi connectivity index (χ1n) is 11.6. The second kappa shape index (κ2) is 10.7. The van der Waals surface area contributed by atoms with Crippen LogP contribution in [0.15, 0.2) is 53.9 Å². The Morgan fingerprint density at radius 2 is 1.62 bits per heavy atom. The second-order valence-corrected chi connectivity index (χ2v) is 10.2. The first kappa shape index (κ1) is 23.0. The van der Waals surface area contributed by atoms with Gasteiger partial charge in [-0.1, -0.05) is 6.42 Å². The molecule has 2 aromatic carbocycles. The van der Waals surface area contributed by atoms with Gasteiger partial charge in [0.1, 0.15) is 23.9 Å². The van der Waals surface area contributed by atoms with Gasteiger partial charge in [-0.15, -0.1) is 22.7 Å². The maximum atomic E-state index is 6.49. The van der Waals surface area contributed by atoms with Gasteiger partial charge in [0.2, 0.25) is 0 Å². The highest BCUT2D eigenvalue weighted by Gasteiger charge is 2.18. The van der Waals surface area contributed by atoms with Gasteiger partial charge in [0, 0.05) is 28.1 Å². The maximum Gasteiger partial charge on any atom is 0.184 e. The second-order valence-electron chi connectivity index (χ2n) is 8.31. The summed E-state index contributed by atoms with van der Waals surface area (Å²) >= 11 is 3.26. The van der Waals surface area contributed by atoms with Gasteiger partial charge in [-0.3, -0.25) is 4.90 Å². The van der Waals surface area contributed by atoms with Crippen LogP contribution in [0.25, 0.3) is 20.5 Å². The number of fused-ring (bicyclic) bond motifs is 1. The monoisotopic (exact) mass is 495 g/mol. The van der Waals surface area contributed by atoms with Crippen LogP contribution in [0, 0.1) is 0 Å². The van der Waals surface area contributed by atoms with E-state index in [1.54, 1.807) is 36.9 Å². The third-order valence-electron chi connectivity index (χ3n) is 6.08. The average molecular weight is 496 g/mol. The van der Waals surface area contributed by atoms with Gasteiger partial charge in [0.25, 0.3) is 0 Å². The molecule has 1 fully saturated rings. The SMILES string of the molecule is COc1ccc(-c2sc3cc(OC)ccc3c2Oc2cc(OCCN3CCCCC3)cs2)cc1. The fourth-order valence-electron chi connectivity index (χ4n) is 4.22. The van der Waals surface area contributed by atoms with Gasteiger partial charge < -0.3 is 18.9 Å². The highest BCUT2D eigenvalue weighted by atomic mass is 32.1. The number of methoxy groups -OCH3 is 2. The van der Waals surface area contributed by atoms with Crippen LogP contribution in [0.5, 0.6) is 28.1 Å². The van der Waals surface area contributed by atoms with Crippen LogP contribution in [-0.2, 0) is 0 Å². The van der Waals surface area contributed by atoms with Gasteiger partial charge in [0.15, 0.2) is 10.8 Å². The van der Waals surface area contributed by atoms with Crippen LogP contribution in [0.2, 0.25) is 0 Å². The van der Waals surface area contributed by atoms with Crippen molar-refractivity contribution >= 4 is 32.8 Å². The van der Waals surface area contributed by atoms with E-state index in [9.17, 15) is 0 Å². The van der Waals surface area contributed by atoms with Crippen molar-refractivity contribution in [2.75, 3.05) is 40.5 Å². The fraction of sp³-hybridized carbons (Fsp3) is 0.333. The summed E-state index contributed by atoms with van der Waals surface area (Å²) in [5, 5.41) is 3.91. The molecule has 1 aliphatic heterocycles. The standard InChI is InChI=1S/C27H29NO4S2/c1-29-20-8-6-19(7-9-20)27-26(23-11-10-21(30-2)16-24(23)34-27)32-25-17-22(18-33-25)31-15-14-28-12-4-3-5-13-28/h6-11,16-18H,3-5,12-15H2,1-2H3. The average Bonchev–Trinajstić information content (AvgIpc) is 3.49. The van der Waals surface area contributed by atoms with Gasteiger partial charge in [-0.25, -0.2) is 0 Å². The topological polar surface area (TPSA) is 40.2 Å². The zero-order valence-electron chi connectivity index (χ0n) is 19.5. The highest BCUT2D eigenvalue weighted by molar-refractivity contribution is 7.22. The van der Waals surface area contributed by atoms with E-state index in [4.69, 9.17) is 18.9 Å². The van der Waals surface area contributed by atoms with Crippen LogP contribution in [0.4, 0.5) is 0 Å². The number of hydrogen-bond acceptors (Lipinski definition) is 7. The number of nitrogens with zero attached hydrogens (tertiary/aromatic N) is 1. The predicted molar refractivity (Wildman–Crippen MR) is 141 cm³/mol. The van der Waals surface area contributed by atoms with Crippen molar-refractivity contribution in [1.29, 1.82) is 0 Å². The van der Waals surface area contributed by atoms with Crippen molar-refractivity contribution in [3.8, 4) is 38.5 Å². The summed E-state index contributed by atoms with van der Waals surface area (Å²) in [5.41, 5.74) is 1.09. The zero-order chi connectivity index (χ0) is 23.3. The minimum absolute atomic E-state index is 0.703. The zero-order valence-corrected chi connectivity index (χ0v) is 21.2. The maximum absolute atomic E-state index is 6.49. The molecule has 1 aliphatic rings. The first-order chi connectivity index (χ1) is 16.7. The lowest BCUT2D eigenvalue weighted by molar-refractivity contribution is 0.183. The number of hydrogen-bond donors (Lipinski definition) is 0. The molecule has 0 saturated carbocycles. The quantitative estimate of drug-likeness (QED) is 0.244. The molecule has 0 radical (unpaired) electrons. The Kier molecular flexibility index (Phi) is 7.23. The molecule has 7 heteroatoms. The molecule has 0 spiro atoms. The smallest absolute Gasteiger partial charge is 0.184 e. The molecule has 5 rings (SSSR count). The summed E-state index contributed by atoms with van der Waals surface area (Å²) in [7, 11) is 3.37. The molecular formula is C27H29NO4S2. The summed E-state index contributed by atoms with van der Waals surface area (Å²) in [4.78, 5) is 3.56. The Balaban J connectivity index is 1.37. The molecule has 0 aliphatic carbocycles. The van der Waals surface area contributed by atoms with E-state index in [-0.39, 0.29) is 0 Å². The van der Waals surface area contributed by atoms with Crippen molar-refractivity contribution in [2.45, 2.75) is 19.3 Å². The molecule has 0 unspecified atom stereocenters. The Morgan fingerprint density at radius 3 is 2.38 bits per heavy atom. The van der Waals surface area contributed by atoms with E-state index in [2.05, 4.69) is 29.2 Å². The third-order valence-corrected chi connectivity index (χ3v) is 8.05. The van der Waals surface area contributed by atoms with E-state index in [0.29, 0.717) is 6.61 Å².